The van der Waals surface area contributed by atoms with Crippen molar-refractivity contribution in [3.8, 4) is 0 Å². The molecule has 3 rings (SSSR count). The molecule has 0 saturated carbocycles. The molecule has 0 saturated heterocycles. The highest BCUT2D eigenvalue weighted by atomic mass is 16.6. The number of aliphatic imine (C=N–C) groups is 1. The maximum absolute atomic E-state index is 12.0. The van der Waals surface area contributed by atoms with E-state index in [0.717, 1.165) is 0 Å². The summed E-state index contributed by atoms with van der Waals surface area (Å²) in [6.07, 6.45) is 1.21. The molecule has 0 fully saturated rings. The molecule has 9 nitrogen and oxygen atoms in total. The van der Waals surface area contributed by atoms with Crippen molar-refractivity contribution < 1.29 is 19.4 Å². The first-order valence-corrected chi connectivity index (χ1v) is 6.97. The van der Waals surface area contributed by atoms with Crippen LogP contribution < -0.4 is 0 Å². The zero-order chi connectivity index (χ0) is 18.0. The van der Waals surface area contributed by atoms with Gasteiger partial charge in [0.2, 0.25) is 5.90 Å². The van der Waals surface area contributed by atoms with Crippen LogP contribution in [0.1, 0.15) is 11.1 Å². The number of ether oxygens (including phenoxy) is 1. The number of nitrogens with zero attached hydrogens (tertiary/aromatic N) is 3. The van der Waals surface area contributed by atoms with Crippen molar-refractivity contribution in [3.63, 3.8) is 0 Å². The predicted molar refractivity (Wildman–Crippen MR) is 86.8 cm³/mol. The van der Waals surface area contributed by atoms with Crippen LogP contribution in [0, 0.1) is 20.2 Å². The van der Waals surface area contributed by atoms with E-state index in [1.54, 1.807) is 12.1 Å². The molecule has 0 amide bonds. The third kappa shape index (κ3) is 3.11. The molecule has 1 heterocycles. The molecule has 0 N–H and O–H groups in total. The van der Waals surface area contributed by atoms with Gasteiger partial charge in [-0.15, -0.1) is 0 Å². The lowest BCUT2D eigenvalue weighted by Gasteiger charge is -2.00. The summed E-state index contributed by atoms with van der Waals surface area (Å²) in [5.74, 6) is -1.06. The van der Waals surface area contributed by atoms with E-state index in [0.29, 0.717) is 0 Å². The first-order chi connectivity index (χ1) is 12.0. The summed E-state index contributed by atoms with van der Waals surface area (Å²) in [5.41, 5.74) is -0.417. The molecular formula is C16H9N3O6. The zero-order valence-electron chi connectivity index (χ0n) is 12.5. The average Bonchev–Trinajstić information content (AvgIpc) is 2.96. The Morgan fingerprint density at radius 2 is 1.52 bits per heavy atom. The number of nitro groups is 2. The predicted octanol–water partition coefficient (Wildman–Crippen LogP) is 2.85. The van der Waals surface area contributed by atoms with Gasteiger partial charge in [-0.1, -0.05) is 24.3 Å². The van der Waals surface area contributed by atoms with Gasteiger partial charge in [0.25, 0.3) is 11.4 Å². The topological polar surface area (TPSA) is 125 Å². The Bertz CT molecular complexity index is 964. The number of carbonyl (C=O) groups is 1. The first-order valence-electron chi connectivity index (χ1n) is 6.97. The normalized spacial score (nSPS) is 15.0. The van der Waals surface area contributed by atoms with E-state index in [1.165, 1.54) is 42.5 Å². The minimum atomic E-state index is -0.841. The number of nitro benzene ring substituents is 2. The lowest BCUT2D eigenvalue weighted by Crippen LogP contribution is -2.07. The molecule has 2 aromatic rings. The maximum atomic E-state index is 12.0. The van der Waals surface area contributed by atoms with Crippen LogP contribution in [-0.4, -0.2) is 21.7 Å². The molecule has 0 spiro atoms. The zero-order valence-corrected chi connectivity index (χ0v) is 12.5. The van der Waals surface area contributed by atoms with Gasteiger partial charge in [0.05, 0.1) is 15.4 Å². The molecule has 0 aromatic heterocycles. The van der Waals surface area contributed by atoms with Gasteiger partial charge in [-0.3, -0.25) is 20.2 Å². The minimum Gasteiger partial charge on any atom is -0.402 e. The first kappa shape index (κ1) is 16.0. The monoisotopic (exact) mass is 339 g/mol. The summed E-state index contributed by atoms with van der Waals surface area (Å²) < 4.78 is 4.99. The van der Waals surface area contributed by atoms with Crippen LogP contribution in [0.15, 0.2) is 59.2 Å². The number of hydrogen-bond acceptors (Lipinski definition) is 7. The fourth-order valence-corrected chi connectivity index (χ4v) is 2.26. The maximum Gasteiger partial charge on any atom is 0.363 e. The highest BCUT2D eigenvalue weighted by Gasteiger charge is 2.29. The SMILES string of the molecule is O=C1OC(c2ccccc2[N+](=O)[O-])=N/C1=C/c1ccccc1[N+](=O)[O-]. The molecular weight excluding hydrogens is 330 g/mol. The molecule has 2 aromatic carbocycles. The van der Waals surface area contributed by atoms with E-state index < -0.39 is 15.8 Å². The Labute approximate surface area is 140 Å². The van der Waals surface area contributed by atoms with Gasteiger partial charge in [0.15, 0.2) is 5.70 Å². The smallest absolute Gasteiger partial charge is 0.363 e. The van der Waals surface area contributed by atoms with Crippen molar-refractivity contribution in [1.82, 2.24) is 0 Å². The van der Waals surface area contributed by atoms with Crippen LogP contribution in [0.5, 0.6) is 0 Å². The van der Waals surface area contributed by atoms with Crippen molar-refractivity contribution in [1.29, 1.82) is 0 Å². The average molecular weight is 339 g/mol. The quantitative estimate of drug-likeness (QED) is 0.365. The number of hydrogen-bond donors (Lipinski definition) is 0. The summed E-state index contributed by atoms with van der Waals surface area (Å²) >= 11 is 0. The minimum absolute atomic E-state index is 0.0480. The van der Waals surface area contributed by atoms with Crippen molar-refractivity contribution in [2.75, 3.05) is 0 Å². The Hall–Kier alpha value is -3.88. The van der Waals surface area contributed by atoms with Crippen LogP contribution >= 0.6 is 0 Å². The highest BCUT2D eigenvalue weighted by Crippen LogP contribution is 2.27. The number of cyclic esters (lactones) is 1. The Morgan fingerprint density at radius 1 is 0.920 bits per heavy atom. The third-order valence-electron chi connectivity index (χ3n) is 3.38. The van der Waals surface area contributed by atoms with Crippen molar-refractivity contribution in [3.05, 3.63) is 85.6 Å². The number of benzene rings is 2. The second-order valence-corrected chi connectivity index (χ2v) is 4.93. The van der Waals surface area contributed by atoms with Gasteiger partial charge >= 0.3 is 5.97 Å². The molecule has 0 bridgehead atoms. The lowest BCUT2D eigenvalue weighted by molar-refractivity contribution is -0.385. The summed E-state index contributed by atoms with van der Waals surface area (Å²) in [5, 5.41) is 22.1. The van der Waals surface area contributed by atoms with Crippen LogP contribution in [0.2, 0.25) is 0 Å². The van der Waals surface area contributed by atoms with Crippen molar-refractivity contribution in [2.45, 2.75) is 0 Å². The van der Waals surface area contributed by atoms with Crippen LogP contribution in [-0.2, 0) is 9.53 Å². The fraction of sp³-hybridized carbons (Fsp3) is 0. The number of para-hydroxylation sites is 2. The number of esters is 1. The molecule has 1 aliphatic rings. The molecule has 124 valence electrons. The summed E-state index contributed by atoms with van der Waals surface area (Å²) in [6, 6.07) is 11.5. The molecule has 1 aliphatic heterocycles. The van der Waals surface area contributed by atoms with Crippen LogP contribution in [0.4, 0.5) is 11.4 Å². The second-order valence-electron chi connectivity index (χ2n) is 4.93. The number of rotatable bonds is 4. The van der Waals surface area contributed by atoms with Gasteiger partial charge in [0, 0.05) is 12.1 Å². The van der Waals surface area contributed by atoms with E-state index in [1.807, 2.05) is 0 Å². The Morgan fingerprint density at radius 3 is 2.20 bits per heavy atom. The van der Waals surface area contributed by atoms with Crippen molar-refractivity contribution in [2.24, 2.45) is 4.99 Å². The lowest BCUT2D eigenvalue weighted by atomic mass is 10.1. The number of carbonyl (C=O) groups excluding carboxylic acids is 1. The molecule has 9 heteroatoms. The van der Waals surface area contributed by atoms with Crippen LogP contribution in [0.3, 0.4) is 0 Å². The van der Waals surface area contributed by atoms with Gasteiger partial charge in [-0.25, -0.2) is 9.79 Å². The van der Waals surface area contributed by atoms with Gasteiger partial charge in [0.1, 0.15) is 5.56 Å². The Balaban J connectivity index is 2.05. The Kier molecular flexibility index (Phi) is 4.04. The summed E-state index contributed by atoms with van der Waals surface area (Å²) in [4.78, 5) is 36.8. The van der Waals surface area contributed by atoms with E-state index in [2.05, 4.69) is 4.99 Å². The molecule has 25 heavy (non-hydrogen) atoms. The van der Waals surface area contributed by atoms with Gasteiger partial charge < -0.3 is 4.74 Å². The van der Waals surface area contributed by atoms with Crippen LogP contribution in [0.25, 0.3) is 6.08 Å². The molecule has 0 radical (unpaired) electrons. The third-order valence-corrected chi connectivity index (χ3v) is 3.38. The van der Waals surface area contributed by atoms with Crippen molar-refractivity contribution >= 4 is 29.3 Å². The van der Waals surface area contributed by atoms with E-state index in [-0.39, 0.29) is 34.1 Å². The second kappa shape index (κ2) is 6.32. The van der Waals surface area contributed by atoms with Gasteiger partial charge in [-0.05, 0) is 18.2 Å². The van der Waals surface area contributed by atoms with Gasteiger partial charge in [-0.2, -0.15) is 0 Å². The molecule has 0 atom stereocenters. The largest absolute Gasteiger partial charge is 0.402 e. The standard InChI is InChI=1S/C16H9N3O6/c20-16-12(9-10-5-1-3-7-13(10)18(21)22)17-15(25-16)11-6-2-4-8-14(11)19(23)24/h1-9H/b12-9+. The van der Waals surface area contributed by atoms with E-state index >= 15 is 0 Å². The summed E-state index contributed by atoms with van der Waals surface area (Å²) in [7, 11) is 0. The molecule has 0 aliphatic carbocycles. The van der Waals surface area contributed by atoms with E-state index in [4.69, 9.17) is 4.74 Å². The van der Waals surface area contributed by atoms with E-state index in [9.17, 15) is 25.0 Å². The fourth-order valence-electron chi connectivity index (χ4n) is 2.26. The summed E-state index contributed by atoms with van der Waals surface area (Å²) in [6.45, 7) is 0. The molecule has 0 unspecified atom stereocenters. The highest BCUT2D eigenvalue weighted by molar-refractivity contribution is 6.14.